The van der Waals surface area contributed by atoms with Gasteiger partial charge < -0.3 is 14.6 Å². The molecular weight excluding hydrogens is 402 g/mol. The lowest BCUT2D eigenvalue weighted by molar-refractivity contribution is 0.00143. The van der Waals surface area contributed by atoms with E-state index in [4.69, 9.17) is 4.74 Å². The molecule has 0 radical (unpaired) electrons. The van der Waals surface area contributed by atoms with Gasteiger partial charge in [0, 0.05) is 36.2 Å². The first kappa shape index (κ1) is 20.0. The first-order chi connectivity index (χ1) is 15.6. The van der Waals surface area contributed by atoms with Crippen molar-refractivity contribution in [1.29, 1.82) is 0 Å². The SMILES string of the molecule is COc1ccc2[nH]cc(C(=O)N3CCCC4=C[C@H]5C[C@@H](CN6CCCC[C@H]56)[C@@H]43)c(=O)c2c1. The lowest BCUT2D eigenvalue weighted by Crippen LogP contribution is -2.60. The van der Waals surface area contributed by atoms with Crippen LogP contribution >= 0.6 is 0 Å². The van der Waals surface area contributed by atoms with Crippen LogP contribution in [0.25, 0.3) is 10.9 Å². The fraction of sp³-hybridized carbons (Fsp3) is 0.538. The Bertz CT molecular complexity index is 1150. The Morgan fingerprint density at radius 3 is 2.97 bits per heavy atom. The van der Waals surface area contributed by atoms with E-state index in [1.165, 1.54) is 37.8 Å². The molecule has 6 nitrogen and oxygen atoms in total. The Labute approximate surface area is 188 Å². The first-order valence-electron chi connectivity index (χ1n) is 12.1. The van der Waals surface area contributed by atoms with E-state index >= 15 is 0 Å². The molecule has 4 heterocycles. The normalized spacial score (nSPS) is 29.8. The summed E-state index contributed by atoms with van der Waals surface area (Å²) in [6, 6.07) is 6.18. The molecule has 1 N–H and O–H groups in total. The predicted molar refractivity (Wildman–Crippen MR) is 124 cm³/mol. The van der Waals surface area contributed by atoms with Gasteiger partial charge in [-0.05, 0) is 68.7 Å². The highest BCUT2D eigenvalue weighted by Crippen LogP contribution is 2.45. The molecule has 6 heteroatoms. The molecule has 1 aromatic heterocycles. The van der Waals surface area contributed by atoms with Crippen molar-refractivity contribution in [3.05, 3.63) is 51.8 Å². The standard InChI is InChI=1S/C26H31N3O3/c1-32-19-7-8-22-20(13-19)25(30)21(14-27-22)26(31)29-10-4-5-16-11-17-12-18(24(16)29)15-28-9-3-2-6-23(17)28/h7-8,11,13-14,17-18,23-24H,2-6,9-10,12,15H2,1H3,(H,27,30)/t17-,18-,23+,24+/m0/s1. The summed E-state index contributed by atoms with van der Waals surface area (Å²) in [5.74, 6) is 1.59. The smallest absolute Gasteiger partial charge is 0.259 e. The van der Waals surface area contributed by atoms with E-state index in [1.54, 1.807) is 19.4 Å². The minimum Gasteiger partial charge on any atom is -0.497 e. The molecule has 0 spiro atoms. The average Bonchev–Trinajstić information content (AvgIpc) is 2.83. The molecule has 0 unspecified atom stereocenters. The largest absolute Gasteiger partial charge is 0.497 e. The van der Waals surface area contributed by atoms with E-state index in [-0.39, 0.29) is 22.9 Å². The molecule has 2 bridgehead atoms. The van der Waals surface area contributed by atoms with Crippen LogP contribution in [0.4, 0.5) is 0 Å². The maximum Gasteiger partial charge on any atom is 0.259 e. The number of carbonyl (C=O) groups is 1. The minimum atomic E-state index is -0.216. The van der Waals surface area contributed by atoms with Crippen LogP contribution in [0, 0.1) is 11.8 Å². The molecule has 1 aliphatic carbocycles. The third-order valence-corrected chi connectivity index (χ3v) is 8.24. The van der Waals surface area contributed by atoms with Gasteiger partial charge in [-0.15, -0.1) is 0 Å². The number of nitrogens with zero attached hydrogens (tertiary/aromatic N) is 2. The van der Waals surface area contributed by atoms with Gasteiger partial charge in [0.2, 0.25) is 5.43 Å². The molecular formula is C26H31N3O3. The number of methoxy groups -OCH3 is 1. The number of piperidine rings is 3. The van der Waals surface area contributed by atoms with Crippen LogP contribution in [-0.2, 0) is 0 Å². The molecule has 6 rings (SSSR count). The monoisotopic (exact) mass is 433 g/mol. The summed E-state index contributed by atoms with van der Waals surface area (Å²) in [4.78, 5) is 34.9. The molecule has 3 fully saturated rings. The summed E-state index contributed by atoms with van der Waals surface area (Å²) in [7, 11) is 1.58. The Hall–Kier alpha value is -2.60. The number of benzene rings is 1. The maximum absolute atomic E-state index is 13.8. The molecule has 3 saturated heterocycles. The Balaban J connectivity index is 1.36. The van der Waals surface area contributed by atoms with Crippen LogP contribution in [-0.4, -0.2) is 59.5 Å². The second-order valence-corrected chi connectivity index (χ2v) is 9.95. The molecule has 1 amide bonds. The van der Waals surface area contributed by atoms with Crippen LogP contribution in [0.5, 0.6) is 5.75 Å². The number of carbonyl (C=O) groups excluding carboxylic acids is 1. The second kappa shape index (κ2) is 7.77. The number of ether oxygens (including phenoxy) is 1. The van der Waals surface area contributed by atoms with Gasteiger partial charge in [-0.25, -0.2) is 0 Å². The highest BCUT2D eigenvalue weighted by molar-refractivity contribution is 5.97. The van der Waals surface area contributed by atoms with Crippen LogP contribution < -0.4 is 10.2 Å². The number of amides is 1. The molecule has 2 aromatic rings. The Morgan fingerprint density at radius 1 is 1.19 bits per heavy atom. The van der Waals surface area contributed by atoms with E-state index < -0.39 is 0 Å². The van der Waals surface area contributed by atoms with Crippen molar-refractivity contribution >= 4 is 16.8 Å². The quantitative estimate of drug-likeness (QED) is 0.736. The molecule has 3 aliphatic heterocycles. The minimum absolute atomic E-state index is 0.134. The highest BCUT2D eigenvalue weighted by atomic mass is 16.5. The predicted octanol–water partition coefficient (Wildman–Crippen LogP) is 3.57. The number of hydrogen-bond acceptors (Lipinski definition) is 4. The maximum atomic E-state index is 13.8. The summed E-state index contributed by atoms with van der Waals surface area (Å²) < 4.78 is 5.29. The topological polar surface area (TPSA) is 65.6 Å². The van der Waals surface area contributed by atoms with Gasteiger partial charge in [-0.1, -0.05) is 18.1 Å². The van der Waals surface area contributed by atoms with Crippen molar-refractivity contribution in [3.63, 3.8) is 0 Å². The number of rotatable bonds is 2. The van der Waals surface area contributed by atoms with E-state index in [1.807, 2.05) is 17.0 Å². The summed E-state index contributed by atoms with van der Waals surface area (Å²) in [6.45, 7) is 2.99. The van der Waals surface area contributed by atoms with Gasteiger partial charge in [0.05, 0.1) is 13.2 Å². The zero-order valence-electron chi connectivity index (χ0n) is 18.7. The molecule has 4 atom stereocenters. The molecule has 1 aromatic carbocycles. The zero-order chi connectivity index (χ0) is 21.8. The van der Waals surface area contributed by atoms with Gasteiger partial charge in [0.15, 0.2) is 0 Å². The van der Waals surface area contributed by atoms with Gasteiger partial charge in [0.25, 0.3) is 5.91 Å². The van der Waals surface area contributed by atoms with Crippen LogP contribution in [0.1, 0.15) is 48.9 Å². The first-order valence-corrected chi connectivity index (χ1v) is 12.1. The number of H-pyrrole nitrogens is 1. The Morgan fingerprint density at radius 2 is 2.09 bits per heavy atom. The fourth-order valence-corrected chi connectivity index (χ4v) is 6.84. The third kappa shape index (κ3) is 3.11. The Kier molecular flexibility index (Phi) is 4.86. The molecule has 32 heavy (non-hydrogen) atoms. The second-order valence-electron chi connectivity index (χ2n) is 9.95. The number of hydrogen-bond donors (Lipinski definition) is 1. The van der Waals surface area contributed by atoms with Crippen molar-refractivity contribution in [2.45, 2.75) is 50.6 Å². The number of likely N-dealkylation sites (tertiary alicyclic amines) is 1. The van der Waals surface area contributed by atoms with Crippen molar-refractivity contribution in [3.8, 4) is 5.75 Å². The van der Waals surface area contributed by atoms with E-state index in [0.29, 0.717) is 29.0 Å². The molecule has 0 saturated carbocycles. The summed E-state index contributed by atoms with van der Waals surface area (Å²) in [6.07, 6.45) is 11.3. The number of pyridine rings is 1. The highest BCUT2D eigenvalue weighted by Gasteiger charge is 2.47. The number of aromatic amines is 1. The van der Waals surface area contributed by atoms with E-state index in [2.05, 4.69) is 16.0 Å². The summed E-state index contributed by atoms with van der Waals surface area (Å²) in [5.41, 5.74) is 2.18. The van der Waals surface area contributed by atoms with E-state index in [9.17, 15) is 9.59 Å². The number of aromatic nitrogens is 1. The number of fused-ring (bicyclic) bond motifs is 7. The van der Waals surface area contributed by atoms with E-state index in [0.717, 1.165) is 31.4 Å². The van der Waals surface area contributed by atoms with Gasteiger partial charge in [0.1, 0.15) is 11.3 Å². The lowest BCUT2D eigenvalue weighted by Gasteiger charge is -2.54. The number of nitrogens with one attached hydrogen (secondary N) is 1. The summed E-state index contributed by atoms with van der Waals surface area (Å²) >= 11 is 0. The third-order valence-electron chi connectivity index (χ3n) is 8.24. The van der Waals surface area contributed by atoms with Gasteiger partial charge in [-0.2, -0.15) is 0 Å². The van der Waals surface area contributed by atoms with Crippen molar-refractivity contribution in [1.82, 2.24) is 14.8 Å². The molecule has 4 aliphatic rings. The van der Waals surface area contributed by atoms with Gasteiger partial charge >= 0.3 is 0 Å². The van der Waals surface area contributed by atoms with Crippen molar-refractivity contribution in [2.24, 2.45) is 11.8 Å². The van der Waals surface area contributed by atoms with Crippen molar-refractivity contribution in [2.75, 3.05) is 26.7 Å². The van der Waals surface area contributed by atoms with Crippen molar-refractivity contribution < 1.29 is 9.53 Å². The van der Waals surface area contributed by atoms with Gasteiger partial charge in [-0.3, -0.25) is 14.5 Å². The zero-order valence-corrected chi connectivity index (χ0v) is 18.7. The van der Waals surface area contributed by atoms with Crippen LogP contribution in [0.3, 0.4) is 0 Å². The van der Waals surface area contributed by atoms with Crippen LogP contribution in [0.15, 0.2) is 40.8 Å². The average molecular weight is 434 g/mol. The lowest BCUT2D eigenvalue weighted by atomic mass is 9.68. The summed E-state index contributed by atoms with van der Waals surface area (Å²) in [5, 5.41) is 0.500. The molecule has 168 valence electrons. The fourth-order valence-electron chi connectivity index (χ4n) is 6.84. The van der Waals surface area contributed by atoms with Crippen LogP contribution in [0.2, 0.25) is 0 Å².